The number of benzene rings is 1. The van der Waals surface area contributed by atoms with Crippen molar-refractivity contribution in [3.8, 4) is 5.75 Å². The average Bonchev–Trinajstić information content (AvgIpc) is 2.72. The van der Waals surface area contributed by atoms with Crippen LogP contribution in [-0.2, 0) is 15.6 Å². The quantitative estimate of drug-likeness (QED) is 0.813. The molecule has 124 valence electrons. The molecule has 0 unspecified atom stereocenters. The highest BCUT2D eigenvalue weighted by Crippen LogP contribution is 2.40. The third kappa shape index (κ3) is 3.67. The molecule has 4 nitrogen and oxygen atoms in total. The number of hydrogen-bond acceptors (Lipinski definition) is 3. The predicted molar refractivity (Wildman–Crippen MR) is 90.0 cm³/mol. The van der Waals surface area contributed by atoms with Crippen molar-refractivity contribution in [2.24, 2.45) is 0 Å². The van der Waals surface area contributed by atoms with Crippen molar-refractivity contribution in [2.75, 3.05) is 6.61 Å². The SMILES string of the molecule is CC(C)(C)c1cc([C@H]2COC(=O)N2)c(O)c(C(C)(C)C)c1.Cl. The first kappa shape index (κ1) is 18.6. The van der Waals surface area contributed by atoms with Crippen molar-refractivity contribution in [1.29, 1.82) is 0 Å². The highest BCUT2D eigenvalue weighted by atomic mass is 35.5. The van der Waals surface area contributed by atoms with E-state index in [2.05, 4.69) is 52.9 Å². The van der Waals surface area contributed by atoms with Gasteiger partial charge in [0, 0.05) is 5.56 Å². The van der Waals surface area contributed by atoms with Crippen molar-refractivity contribution in [2.45, 2.75) is 58.4 Å². The second kappa shape index (κ2) is 5.99. The minimum atomic E-state index is -0.433. The van der Waals surface area contributed by atoms with E-state index < -0.39 is 6.09 Å². The van der Waals surface area contributed by atoms with Crippen LogP contribution in [0.2, 0.25) is 0 Å². The van der Waals surface area contributed by atoms with Crippen LogP contribution in [0, 0.1) is 0 Å². The average molecular weight is 328 g/mol. The highest BCUT2D eigenvalue weighted by Gasteiger charge is 2.31. The lowest BCUT2D eigenvalue weighted by Gasteiger charge is -2.28. The molecule has 1 atom stereocenters. The van der Waals surface area contributed by atoms with E-state index in [0.717, 1.165) is 16.7 Å². The first-order valence-corrected chi connectivity index (χ1v) is 7.31. The maximum Gasteiger partial charge on any atom is 0.407 e. The van der Waals surface area contributed by atoms with Gasteiger partial charge in [-0.3, -0.25) is 0 Å². The lowest BCUT2D eigenvalue weighted by Crippen LogP contribution is -2.22. The van der Waals surface area contributed by atoms with E-state index in [1.165, 1.54) is 0 Å². The first-order valence-electron chi connectivity index (χ1n) is 7.31. The van der Waals surface area contributed by atoms with E-state index in [9.17, 15) is 9.90 Å². The van der Waals surface area contributed by atoms with Crippen LogP contribution in [0.4, 0.5) is 4.79 Å². The summed E-state index contributed by atoms with van der Waals surface area (Å²) in [7, 11) is 0. The molecule has 1 saturated heterocycles. The minimum Gasteiger partial charge on any atom is -0.507 e. The van der Waals surface area contributed by atoms with Crippen LogP contribution < -0.4 is 5.32 Å². The van der Waals surface area contributed by atoms with Gasteiger partial charge in [-0.15, -0.1) is 12.4 Å². The second-order valence-corrected chi connectivity index (χ2v) is 7.76. The Morgan fingerprint density at radius 1 is 1.14 bits per heavy atom. The smallest absolute Gasteiger partial charge is 0.407 e. The van der Waals surface area contributed by atoms with Gasteiger partial charge in [-0.1, -0.05) is 47.6 Å². The fourth-order valence-corrected chi connectivity index (χ4v) is 2.48. The molecule has 2 rings (SSSR count). The number of rotatable bonds is 1. The number of halogens is 1. The molecule has 0 saturated carbocycles. The second-order valence-electron chi connectivity index (χ2n) is 7.76. The van der Waals surface area contributed by atoms with Gasteiger partial charge in [-0.05, 0) is 28.0 Å². The zero-order chi connectivity index (χ0) is 16.0. The topological polar surface area (TPSA) is 58.6 Å². The molecule has 1 aliphatic heterocycles. The van der Waals surface area contributed by atoms with Gasteiger partial charge >= 0.3 is 6.09 Å². The molecule has 1 amide bonds. The standard InChI is InChI=1S/C17H25NO3.ClH/c1-16(2,3)10-7-11(13-9-21-15(20)18-13)14(19)12(8-10)17(4,5)6;/h7-8,13,19H,9H2,1-6H3,(H,18,20);1H/t13-;/m1./s1. The van der Waals surface area contributed by atoms with Gasteiger partial charge in [0.1, 0.15) is 12.4 Å². The Balaban J connectivity index is 0.00000242. The fraction of sp³-hybridized carbons (Fsp3) is 0.588. The molecular weight excluding hydrogens is 302 g/mol. The van der Waals surface area contributed by atoms with Crippen LogP contribution in [-0.4, -0.2) is 17.8 Å². The van der Waals surface area contributed by atoms with Crippen LogP contribution >= 0.6 is 12.4 Å². The van der Waals surface area contributed by atoms with E-state index in [1.807, 2.05) is 6.07 Å². The molecule has 0 aromatic heterocycles. The summed E-state index contributed by atoms with van der Waals surface area (Å²) in [6.45, 7) is 12.9. The Hall–Kier alpha value is -1.42. The van der Waals surface area contributed by atoms with Gasteiger partial charge in [0.2, 0.25) is 0 Å². The Labute approximate surface area is 138 Å². The largest absolute Gasteiger partial charge is 0.507 e. The van der Waals surface area contributed by atoms with E-state index in [-0.39, 0.29) is 41.6 Å². The minimum absolute atomic E-state index is 0. The van der Waals surface area contributed by atoms with E-state index in [1.54, 1.807) is 0 Å². The molecule has 0 aliphatic carbocycles. The van der Waals surface area contributed by atoms with Crippen molar-refractivity contribution < 1.29 is 14.6 Å². The third-order valence-electron chi connectivity index (χ3n) is 3.86. The predicted octanol–water partition coefficient (Wildman–Crippen LogP) is 4.19. The Kier molecular flexibility index (Phi) is 5.08. The van der Waals surface area contributed by atoms with Gasteiger partial charge in [0.15, 0.2) is 0 Å². The summed E-state index contributed by atoms with van der Waals surface area (Å²) in [4.78, 5) is 11.3. The lowest BCUT2D eigenvalue weighted by atomic mass is 9.78. The molecule has 0 spiro atoms. The molecular formula is C17H26ClNO3. The zero-order valence-electron chi connectivity index (χ0n) is 14.1. The number of carbonyl (C=O) groups excluding carboxylic acids is 1. The summed E-state index contributed by atoms with van der Waals surface area (Å²) in [6.07, 6.45) is -0.433. The first-order chi connectivity index (χ1) is 9.50. The van der Waals surface area contributed by atoms with E-state index in [4.69, 9.17) is 4.74 Å². The van der Waals surface area contributed by atoms with Crippen molar-refractivity contribution in [3.63, 3.8) is 0 Å². The molecule has 2 N–H and O–H groups in total. The Morgan fingerprint density at radius 2 is 1.73 bits per heavy atom. The third-order valence-corrected chi connectivity index (χ3v) is 3.86. The molecule has 1 aromatic carbocycles. The Morgan fingerprint density at radius 3 is 2.14 bits per heavy atom. The number of aromatic hydroxyl groups is 1. The number of phenols is 1. The normalized spacial score (nSPS) is 18.5. The highest BCUT2D eigenvalue weighted by molar-refractivity contribution is 5.85. The summed E-state index contributed by atoms with van der Waals surface area (Å²) in [5, 5.41) is 13.4. The van der Waals surface area contributed by atoms with Crippen LogP contribution in [0.25, 0.3) is 0 Å². The molecule has 1 aromatic rings. The maximum atomic E-state index is 11.3. The summed E-state index contributed by atoms with van der Waals surface area (Å²) in [6, 6.07) is 3.75. The number of nitrogens with one attached hydrogen (secondary N) is 1. The molecule has 0 bridgehead atoms. The number of hydrogen-bond donors (Lipinski definition) is 2. The van der Waals surface area contributed by atoms with Crippen molar-refractivity contribution >= 4 is 18.5 Å². The number of phenolic OH excluding ortho intramolecular Hbond substituents is 1. The molecule has 5 heteroatoms. The zero-order valence-corrected chi connectivity index (χ0v) is 14.9. The number of alkyl carbamates (subject to hydrolysis) is 1. The molecule has 0 radical (unpaired) electrons. The number of amides is 1. The molecule has 1 aliphatic rings. The van der Waals surface area contributed by atoms with Gasteiger partial charge < -0.3 is 15.2 Å². The molecule has 1 heterocycles. The fourth-order valence-electron chi connectivity index (χ4n) is 2.48. The van der Waals surface area contributed by atoms with Crippen LogP contribution in [0.3, 0.4) is 0 Å². The number of ether oxygens (including phenoxy) is 1. The van der Waals surface area contributed by atoms with Crippen molar-refractivity contribution in [1.82, 2.24) is 5.32 Å². The number of cyclic esters (lactones) is 1. The summed E-state index contributed by atoms with van der Waals surface area (Å²) < 4.78 is 4.96. The lowest BCUT2D eigenvalue weighted by molar-refractivity contribution is 0.176. The van der Waals surface area contributed by atoms with Crippen LogP contribution in [0.5, 0.6) is 5.75 Å². The summed E-state index contributed by atoms with van der Waals surface area (Å²) in [5.74, 6) is 0.256. The summed E-state index contributed by atoms with van der Waals surface area (Å²) >= 11 is 0. The molecule has 22 heavy (non-hydrogen) atoms. The molecule has 1 fully saturated rings. The maximum absolute atomic E-state index is 11.3. The van der Waals surface area contributed by atoms with E-state index in [0.29, 0.717) is 0 Å². The monoisotopic (exact) mass is 327 g/mol. The van der Waals surface area contributed by atoms with Crippen LogP contribution in [0.1, 0.15) is 64.3 Å². The van der Waals surface area contributed by atoms with Gasteiger partial charge in [0.05, 0.1) is 6.04 Å². The van der Waals surface area contributed by atoms with E-state index >= 15 is 0 Å². The van der Waals surface area contributed by atoms with Crippen LogP contribution in [0.15, 0.2) is 12.1 Å². The number of carbonyl (C=O) groups is 1. The van der Waals surface area contributed by atoms with Crippen molar-refractivity contribution in [3.05, 3.63) is 28.8 Å². The van der Waals surface area contributed by atoms with Gasteiger partial charge in [-0.2, -0.15) is 0 Å². The summed E-state index contributed by atoms with van der Waals surface area (Å²) in [5.41, 5.74) is 2.56. The van der Waals surface area contributed by atoms with Gasteiger partial charge in [0.25, 0.3) is 0 Å². The van der Waals surface area contributed by atoms with Gasteiger partial charge in [-0.25, -0.2) is 4.79 Å². The Bertz CT molecular complexity index is 570.